The number of hydrogen-bond donors (Lipinski definition) is 1. The molecule has 0 aliphatic rings. The first-order valence-electron chi connectivity index (χ1n) is 6.82. The second-order valence-electron chi connectivity index (χ2n) is 5.29. The monoisotopic (exact) mass is 412 g/mol. The molecule has 1 amide bonds. The molecule has 1 aromatic heterocycles. The van der Waals surface area contributed by atoms with Gasteiger partial charge in [-0.25, -0.2) is 0 Å². The third-order valence-electron chi connectivity index (χ3n) is 3.32. The molecule has 21 heavy (non-hydrogen) atoms. The van der Waals surface area contributed by atoms with Crippen molar-refractivity contribution in [2.75, 3.05) is 0 Å². The number of aromatic nitrogens is 1. The quantitative estimate of drug-likeness (QED) is 0.744. The van der Waals surface area contributed by atoms with E-state index in [1.165, 1.54) is 0 Å². The highest BCUT2D eigenvalue weighted by Gasteiger charge is 2.17. The maximum absolute atomic E-state index is 12.5. The minimum absolute atomic E-state index is 0.0418. The van der Waals surface area contributed by atoms with Crippen LogP contribution in [0.3, 0.4) is 0 Å². The summed E-state index contributed by atoms with van der Waals surface area (Å²) in [6.07, 6.45) is 1.93. The smallest absolute Gasteiger partial charge is 0.268 e. The first kappa shape index (κ1) is 16.3. The van der Waals surface area contributed by atoms with E-state index in [2.05, 4.69) is 51.0 Å². The van der Waals surface area contributed by atoms with Gasteiger partial charge in [0.15, 0.2) is 0 Å². The highest BCUT2D eigenvalue weighted by Crippen LogP contribution is 2.21. The van der Waals surface area contributed by atoms with Crippen LogP contribution >= 0.6 is 31.9 Å². The summed E-state index contributed by atoms with van der Waals surface area (Å²) in [4.78, 5) is 12.5. The van der Waals surface area contributed by atoms with E-state index >= 15 is 0 Å². The van der Waals surface area contributed by atoms with Crippen molar-refractivity contribution in [1.82, 2.24) is 9.88 Å². The van der Waals surface area contributed by atoms with Gasteiger partial charge in [0.05, 0.1) is 6.04 Å². The van der Waals surface area contributed by atoms with Crippen LogP contribution in [0.4, 0.5) is 0 Å². The molecule has 0 fully saturated rings. The summed E-state index contributed by atoms with van der Waals surface area (Å²) in [7, 11) is 0. The Hall–Kier alpha value is -1.07. The molecule has 5 heteroatoms. The van der Waals surface area contributed by atoms with Gasteiger partial charge >= 0.3 is 0 Å². The molecule has 2 rings (SSSR count). The van der Waals surface area contributed by atoms with Crippen LogP contribution < -0.4 is 5.32 Å². The molecule has 0 aliphatic heterocycles. The molecule has 2 aromatic rings. The molecule has 0 saturated carbocycles. The minimum atomic E-state index is -0.0650. The van der Waals surface area contributed by atoms with Crippen LogP contribution in [0, 0.1) is 0 Å². The Bertz CT molecular complexity index is 632. The summed E-state index contributed by atoms with van der Waals surface area (Å²) in [5.74, 6) is -0.0650. The molecule has 0 spiro atoms. The van der Waals surface area contributed by atoms with E-state index in [0.29, 0.717) is 5.69 Å². The van der Waals surface area contributed by atoms with Crippen molar-refractivity contribution >= 4 is 37.8 Å². The molecule has 0 aliphatic carbocycles. The molecule has 0 saturated heterocycles. The van der Waals surface area contributed by atoms with Gasteiger partial charge in [0.1, 0.15) is 5.69 Å². The predicted octanol–water partition coefficient (Wildman–Crippen LogP) is 5.09. The first-order chi connectivity index (χ1) is 9.88. The highest BCUT2D eigenvalue weighted by molar-refractivity contribution is 9.10. The van der Waals surface area contributed by atoms with Crippen LogP contribution in [0.25, 0.3) is 0 Å². The zero-order valence-corrected chi connectivity index (χ0v) is 15.4. The van der Waals surface area contributed by atoms with Gasteiger partial charge in [-0.15, -0.1) is 0 Å². The van der Waals surface area contributed by atoms with Gasteiger partial charge in [-0.05, 0) is 60.5 Å². The number of rotatable bonds is 4. The van der Waals surface area contributed by atoms with E-state index in [0.717, 1.165) is 14.5 Å². The van der Waals surface area contributed by atoms with Gasteiger partial charge < -0.3 is 9.88 Å². The Balaban J connectivity index is 2.16. The molecule has 1 heterocycles. The molecular weight excluding hydrogens is 396 g/mol. The third-order valence-corrected chi connectivity index (χ3v) is 4.28. The second kappa shape index (κ2) is 6.79. The number of nitrogens with zero attached hydrogens (tertiary/aromatic N) is 1. The second-order valence-corrected chi connectivity index (χ2v) is 7.12. The van der Waals surface area contributed by atoms with Crippen LogP contribution in [0.1, 0.15) is 48.9 Å². The largest absolute Gasteiger partial charge is 0.344 e. The number of amides is 1. The Morgan fingerprint density at radius 3 is 2.29 bits per heavy atom. The summed E-state index contributed by atoms with van der Waals surface area (Å²) in [5, 5.41) is 3.04. The molecule has 112 valence electrons. The van der Waals surface area contributed by atoms with Gasteiger partial charge in [-0.2, -0.15) is 0 Å². The van der Waals surface area contributed by atoms with E-state index in [9.17, 15) is 4.79 Å². The Kier molecular flexibility index (Phi) is 5.27. The number of hydrogen-bond acceptors (Lipinski definition) is 1. The first-order valence-corrected chi connectivity index (χ1v) is 8.40. The minimum Gasteiger partial charge on any atom is -0.344 e. The lowest BCUT2D eigenvalue weighted by Crippen LogP contribution is -2.28. The molecule has 0 bridgehead atoms. The summed E-state index contributed by atoms with van der Waals surface area (Å²) >= 11 is 6.85. The van der Waals surface area contributed by atoms with Crippen molar-refractivity contribution in [3.05, 3.63) is 56.7 Å². The van der Waals surface area contributed by atoms with Crippen LogP contribution in [-0.2, 0) is 0 Å². The molecule has 1 aromatic carbocycles. The van der Waals surface area contributed by atoms with Crippen LogP contribution in [0.5, 0.6) is 0 Å². The van der Waals surface area contributed by atoms with E-state index in [-0.39, 0.29) is 18.0 Å². The fourth-order valence-electron chi connectivity index (χ4n) is 2.16. The summed E-state index contributed by atoms with van der Waals surface area (Å²) in [6.45, 7) is 6.10. The molecule has 0 radical (unpaired) electrons. The van der Waals surface area contributed by atoms with E-state index in [1.807, 2.05) is 48.0 Å². The number of carbonyl (C=O) groups is 1. The van der Waals surface area contributed by atoms with Crippen molar-refractivity contribution in [1.29, 1.82) is 0 Å². The Labute approximate surface area is 142 Å². The predicted molar refractivity (Wildman–Crippen MR) is 92.5 cm³/mol. The lowest BCUT2D eigenvalue weighted by molar-refractivity contribution is 0.0929. The average molecular weight is 414 g/mol. The summed E-state index contributed by atoms with van der Waals surface area (Å²) in [6, 6.07) is 10.0. The van der Waals surface area contributed by atoms with Crippen molar-refractivity contribution in [2.45, 2.75) is 32.9 Å². The number of nitrogens with one attached hydrogen (secondary N) is 1. The van der Waals surface area contributed by atoms with Crippen molar-refractivity contribution in [3.63, 3.8) is 0 Å². The summed E-state index contributed by atoms with van der Waals surface area (Å²) in [5.41, 5.74) is 1.74. The third kappa shape index (κ3) is 3.98. The number of carbonyl (C=O) groups excluding carboxylic acids is 1. The Morgan fingerprint density at radius 2 is 1.71 bits per heavy atom. The van der Waals surface area contributed by atoms with Gasteiger partial charge in [0, 0.05) is 21.2 Å². The highest BCUT2D eigenvalue weighted by atomic mass is 79.9. The van der Waals surface area contributed by atoms with E-state index in [4.69, 9.17) is 0 Å². The van der Waals surface area contributed by atoms with Crippen LogP contribution in [0.2, 0.25) is 0 Å². The summed E-state index contributed by atoms with van der Waals surface area (Å²) < 4.78 is 3.91. The normalized spacial score (nSPS) is 12.5. The van der Waals surface area contributed by atoms with Crippen molar-refractivity contribution < 1.29 is 4.79 Å². The van der Waals surface area contributed by atoms with Crippen LogP contribution in [-0.4, -0.2) is 10.5 Å². The Morgan fingerprint density at radius 1 is 1.10 bits per heavy atom. The van der Waals surface area contributed by atoms with Gasteiger partial charge in [0.2, 0.25) is 0 Å². The number of benzene rings is 1. The standard InChI is InChI=1S/C16H18Br2N2O/c1-10(2)20-9-14(18)8-15(20)16(21)19-11(3)12-4-6-13(17)7-5-12/h4-11H,1-3H3,(H,19,21)/t11-/m0/s1. The van der Waals surface area contributed by atoms with Gasteiger partial charge in [0.25, 0.3) is 5.91 Å². The molecule has 1 atom stereocenters. The SMILES string of the molecule is CC(C)n1cc(Br)cc1C(=O)N[C@@H](C)c1ccc(Br)cc1. The van der Waals surface area contributed by atoms with Crippen molar-refractivity contribution in [3.8, 4) is 0 Å². The maximum Gasteiger partial charge on any atom is 0.268 e. The molecular formula is C16H18Br2N2O. The fraction of sp³-hybridized carbons (Fsp3) is 0.312. The lowest BCUT2D eigenvalue weighted by atomic mass is 10.1. The molecule has 0 unspecified atom stereocenters. The molecule has 1 N–H and O–H groups in total. The zero-order valence-electron chi connectivity index (χ0n) is 12.2. The molecule has 3 nitrogen and oxygen atoms in total. The average Bonchev–Trinajstić information content (AvgIpc) is 2.82. The van der Waals surface area contributed by atoms with Gasteiger partial charge in [-0.1, -0.05) is 28.1 Å². The topological polar surface area (TPSA) is 34.0 Å². The van der Waals surface area contributed by atoms with Gasteiger partial charge in [-0.3, -0.25) is 4.79 Å². The van der Waals surface area contributed by atoms with Crippen LogP contribution in [0.15, 0.2) is 45.5 Å². The zero-order chi connectivity index (χ0) is 15.6. The van der Waals surface area contributed by atoms with E-state index in [1.54, 1.807) is 0 Å². The van der Waals surface area contributed by atoms with E-state index < -0.39 is 0 Å². The maximum atomic E-state index is 12.5. The number of halogens is 2. The fourth-order valence-corrected chi connectivity index (χ4v) is 2.86. The lowest BCUT2D eigenvalue weighted by Gasteiger charge is -2.17. The van der Waals surface area contributed by atoms with Crippen molar-refractivity contribution in [2.24, 2.45) is 0 Å².